The molecule has 2 heterocycles. The Morgan fingerprint density at radius 1 is 0.955 bits per heavy atom. The van der Waals surface area contributed by atoms with Gasteiger partial charge in [-0.1, -0.05) is 72.8 Å². The number of dihydropyridines is 1. The van der Waals surface area contributed by atoms with E-state index >= 15 is 0 Å². The van der Waals surface area contributed by atoms with Crippen LogP contribution in [0.5, 0.6) is 0 Å². The Morgan fingerprint density at radius 2 is 1.57 bits per heavy atom. The molecule has 2 aliphatic rings. The maximum Gasteiger partial charge on any atom is 0.338 e. The minimum atomic E-state index is -1.01. The third kappa shape index (κ3) is 6.07. The van der Waals surface area contributed by atoms with Crippen molar-refractivity contribution >= 4 is 17.6 Å². The molecule has 5 rings (SSSR count). The van der Waals surface area contributed by atoms with Gasteiger partial charge in [-0.25, -0.2) is 9.59 Å². The Bertz CT molecular complexity index is 1550. The van der Waals surface area contributed by atoms with Crippen molar-refractivity contribution in [3.63, 3.8) is 0 Å². The summed E-state index contributed by atoms with van der Waals surface area (Å²) >= 11 is 0. The standard InChI is InChI=1S/C34H36N4O6/c1-23-28(29(30(31(35)36-23)32(39)43-2)24-10-9-15-27(22-24)38(41)42)33(40)44-21-20-37-18-16-34(17-19-37,25-11-5-3-6-12-25)26-13-7-4-8-14-26/h3-15,22,29,36H,16-21,35H2,1-2H3. The quantitative estimate of drug-likeness (QED) is 0.207. The van der Waals surface area contributed by atoms with E-state index in [-0.39, 0.29) is 34.7 Å². The fraction of sp³-hybridized carbons (Fsp3) is 0.294. The van der Waals surface area contributed by atoms with Crippen molar-refractivity contribution in [2.24, 2.45) is 5.73 Å². The summed E-state index contributed by atoms with van der Waals surface area (Å²) < 4.78 is 10.7. The van der Waals surface area contributed by atoms with E-state index < -0.39 is 22.8 Å². The molecule has 1 fully saturated rings. The van der Waals surface area contributed by atoms with Gasteiger partial charge in [-0.3, -0.25) is 15.0 Å². The summed E-state index contributed by atoms with van der Waals surface area (Å²) in [6.07, 6.45) is 1.84. The van der Waals surface area contributed by atoms with Gasteiger partial charge in [0.15, 0.2) is 0 Å². The number of piperidine rings is 1. The van der Waals surface area contributed by atoms with Crippen LogP contribution in [-0.2, 0) is 24.5 Å². The molecule has 1 unspecified atom stereocenters. The number of benzene rings is 3. The normalized spacial score (nSPS) is 18.4. The van der Waals surface area contributed by atoms with Gasteiger partial charge in [-0.05, 0) is 49.5 Å². The molecule has 0 bridgehead atoms. The van der Waals surface area contributed by atoms with Crippen molar-refractivity contribution in [1.82, 2.24) is 10.2 Å². The Hall–Kier alpha value is -4.96. The van der Waals surface area contributed by atoms with Gasteiger partial charge in [0.05, 0.1) is 29.1 Å². The third-order valence-electron chi connectivity index (χ3n) is 8.64. The molecule has 0 spiro atoms. The SMILES string of the molecule is COC(=O)C1=C(N)NC(C)=C(C(=O)OCCN2CCC(c3ccccc3)(c3ccccc3)CC2)C1c1cccc([N+](=O)[O-])c1. The predicted octanol–water partition coefficient (Wildman–Crippen LogP) is 4.52. The van der Waals surface area contributed by atoms with Crippen molar-refractivity contribution in [1.29, 1.82) is 0 Å². The number of methoxy groups -OCH3 is 1. The second-order valence-corrected chi connectivity index (χ2v) is 11.1. The number of esters is 2. The number of non-ortho nitro benzene ring substituents is 1. The van der Waals surface area contributed by atoms with Gasteiger partial charge in [-0.2, -0.15) is 0 Å². The number of rotatable bonds is 9. The summed E-state index contributed by atoms with van der Waals surface area (Å²) in [6, 6.07) is 26.9. The van der Waals surface area contributed by atoms with Crippen molar-refractivity contribution in [2.75, 3.05) is 33.4 Å². The lowest BCUT2D eigenvalue weighted by molar-refractivity contribution is -0.384. The van der Waals surface area contributed by atoms with Crippen LogP contribution in [0, 0.1) is 10.1 Å². The molecule has 0 amide bonds. The zero-order valence-corrected chi connectivity index (χ0v) is 24.8. The molecule has 3 N–H and O–H groups in total. The number of allylic oxidation sites excluding steroid dienone is 1. The van der Waals surface area contributed by atoms with E-state index in [1.807, 2.05) is 12.1 Å². The van der Waals surface area contributed by atoms with Crippen molar-refractivity contribution in [2.45, 2.75) is 31.1 Å². The highest BCUT2D eigenvalue weighted by atomic mass is 16.6. The monoisotopic (exact) mass is 596 g/mol. The van der Waals surface area contributed by atoms with Crippen LogP contribution in [0.25, 0.3) is 0 Å². The highest BCUT2D eigenvalue weighted by Crippen LogP contribution is 2.42. The maximum atomic E-state index is 13.6. The number of nitrogens with zero attached hydrogens (tertiary/aromatic N) is 2. The first-order valence-corrected chi connectivity index (χ1v) is 14.6. The average molecular weight is 597 g/mol. The number of nitrogens with two attached hydrogens (primary N) is 1. The summed E-state index contributed by atoms with van der Waals surface area (Å²) in [4.78, 5) is 39.7. The lowest BCUT2D eigenvalue weighted by atomic mass is 9.68. The van der Waals surface area contributed by atoms with E-state index in [0.29, 0.717) is 17.8 Å². The number of likely N-dealkylation sites (tertiary alicyclic amines) is 1. The third-order valence-corrected chi connectivity index (χ3v) is 8.64. The molecule has 44 heavy (non-hydrogen) atoms. The predicted molar refractivity (Wildman–Crippen MR) is 165 cm³/mol. The molecule has 10 nitrogen and oxygen atoms in total. The number of nitrogens with one attached hydrogen (secondary N) is 1. The minimum Gasteiger partial charge on any atom is -0.466 e. The van der Waals surface area contributed by atoms with Crippen LogP contribution in [-0.4, -0.2) is 55.1 Å². The van der Waals surface area contributed by atoms with E-state index in [1.165, 1.54) is 36.4 Å². The van der Waals surface area contributed by atoms with Crippen molar-refractivity contribution < 1.29 is 24.0 Å². The summed E-state index contributed by atoms with van der Waals surface area (Å²) in [6.45, 7) is 3.97. The van der Waals surface area contributed by atoms with Crippen LogP contribution >= 0.6 is 0 Å². The topological polar surface area (TPSA) is 137 Å². The van der Waals surface area contributed by atoms with Gasteiger partial charge in [0.2, 0.25) is 0 Å². The molecule has 228 valence electrons. The van der Waals surface area contributed by atoms with E-state index in [1.54, 1.807) is 13.0 Å². The summed E-state index contributed by atoms with van der Waals surface area (Å²) in [7, 11) is 1.21. The lowest BCUT2D eigenvalue weighted by Gasteiger charge is -2.43. The Morgan fingerprint density at radius 3 is 2.14 bits per heavy atom. The number of hydrogen-bond acceptors (Lipinski definition) is 9. The fourth-order valence-corrected chi connectivity index (χ4v) is 6.37. The summed E-state index contributed by atoms with van der Waals surface area (Å²) in [5.74, 6) is -2.39. The highest BCUT2D eigenvalue weighted by molar-refractivity contribution is 5.99. The van der Waals surface area contributed by atoms with E-state index in [2.05, 4.69) is 58.7 Å². The van der Waals surface area contributed by atoms with Gasteiger partial charge in [0.25, 0.3) is 5.69 Å². The highest BCUT2D eigenvalue weighted by Gasteiger charge is 2.40. The molecule has 0 saturated carbocycles. The van der Waals surface area contributed by atoms with Crippen LogP contribution in [0.1, 0.15) is 42.4 Å². The molecular formula is C34H36N4O6. The van der Waals surface area contributed by atoms with E-state index in [9.17, 15) is 19.7 Å². The van der Waals surface area contributed by atoms with Crippen LogP contribution in [0.2, 0.25) is 0 Å². The molecule has 3 aromatic rings. The Kier molecular flexibility index (Phi) is 9.10. The van der Waals surface area contributed by atoms with Gasteiger partial charge in [0, 0.05) is 29.8 Å². The fourth-order valence-electron chi connectivity index (χ4n) is 6.37. The summed E-state index contributed by atoms with van der Waals surface area (Å²) in [5.41, 5.74) is 9.38. The van der Waals surface area contributed by atoms with Crippen molar-refractivity contribution in [3.05, 3.63) is 134 Å². The molecule has 1 atom stereocenters. The average Bonchev–Trinajstić information content (AvgIpc) is 3.05. The number of ether oxygens (including phenoxy) is 2. The zero-order chi connectivity index (χ0) is 31.3. The molecule has 1 saturated heterocycles. The number of nitro benzene ring substituents is 1. The molecular weight excluding hydrogens is 560 g/mol. The maximum absolute atomic E-state index is 13.6. The smallest absolute Gasteiger partial charge is 0.338 e. The van der Waals surface area contributed by atoms with Crippen molar-refractivity contribution in [3.8, 4) is 0 Å². The number of carbonyl (C=O) groups excluding carboxylic acids is 2. The van der Waals surface area contributed by atoms with Crippen LogP contribution < -0.4 is 11.1 Å². The van der Waals surface area contributed by atoms with Gasteiger partial charge in [0.1, 0.15) is 12.4 Å². The first-order chi connectivity index (χ1) is 21.2. The second-order valence-electron chi connectivity index (χ2n) is 11.1. The molecule has 0 aromatic heterocycles. The lowest BCUT2D eigenvalue weighted by Crippen LogP contribution is -2.44. The first-order valence-electron chi connectivity index (χ1n) is 14.6. The van der Waals surface area contributed by atoms with Crippen LogP contribution in [0.4, 0.5) is 5.69 Å². The van der Waals surface area contributed by atoms with Gasteiger partial charge < -0.3 is 20.5 Å². The molecule has 3 aromatic carbocycles. The zero-order valence-electron chi connectivity index (χ0n) is 24.8. The minimum absolute atomic E-state index is 0.0102. The molecule has 0 aliphatic carbocycles. The number of nitro groups is 1. The second kappa shape index (κ2) is 13.1. The summed E-state index contributed by atoms with van der Waals surface area (Å²) in [5, 5.41) is 14.4. The van der Waals surface area contributed by atoms with Gasteiger partial charge in [-0.15, -0.1) is 0 Å². The van der Waals surface area contributed by atoms with Gasteiger partial charge >= 0.3 is 11.9 Å². The van der Waals surface area contributed by atoms with Crippen LogP contribution in [0.3, 0.4) is 0 Å². The first kappa shape index (κ1) is 30.5. The van der Waals surface area contributed by atoms with E-state index in [4.69, 9.17) is 15.2 Å². The van der Waals surface area contributed by atoms with E-state index in [0.717, 1.165) is 25.9 Å². The molecule has 2 aliphatic heterocycles. The molecule has 0 radical (unpaired) electrons. The largest absolute Gasteiger partial charge is 0.466 e. The Labute approximate surface area is 256 Å². The Balaban J connectivity index is 1.30. The number of carbonyl (C=O) groups is 2. The van der Waals surface area contributed by atoms with Crippen LogP contribution in [0.15, 0.2) is 108 Å². The number of hydrogen-bond donors (Lipinski definition) is 2. The molecule has 10 heteroatoms.